The first-order valence-corrected chi connectivity index (χ1v) is 21.3. The largest absolute Gasteiger partial charge is 0.462 e. The molecule has 0 aromatic heterocycles. The number of hydrogen-bond donors (Lipinski definition) is 7. The Morgan fingerprint density at radius 3 is 1.61 bits per heavy atom. The van der Waals surface area contributed by atoms with Crippen molar-refractivity contribution in [2.45, 2.75) is 177 Å². The normalized spacial score (nSPS) is 28.0. The van der Waals surface area contributed by atoms with Gasteiger partial charge in [0.25, 0.3) is 0 Å². The third-order valence-electron chi connectivity index (χ3n) is 10.00. The minimum Gasteiger partial charge on any atom is -0.462 e. The molecule has 0 aromatic carbocycles. The summed E-state index contributed by atoms with van der Waals surface area (Å²) < 4.78 is 33.3. The summed E-state index contributed by atoms with van der Waals surface area (Å²) in [6.45, 7) is 5.44. The molecular formula is C44H72O15. The molecule has 0 unspecified atom stereocenters. The molecular weight excluding hydrogens is 768 g/mol. The molecule has 2 aliphatic heterocycles. The third kappa shape index (κ3) is 21.5. The SMILES string of the molecule is C=CC/C=C/C/C=C\CCCCCCCC(=O)O[C@H](COC(=O)CCCCCCC/C=C/CC=C)CO[C@@H]1O[C@H](CO[C@H]2O[C@H](CO)[C@H](O)[C@H](O)[C@H]2O)[C@H](O)[C@H](O)[C@H]1O. The van der Waals surface area contributed by atoms with Gasteiger partial charge in [0.05, 0.1) is 19.8 Å². The molecule has 2 aliphatic rings. The van der Waals surface area contributed by atoms with Gasteiger partial charge in [-0.15, -0.1) is 13.2 Å². The van der Waals surface area contributed by atoms with E-state index in [1.807, 2.05) is 12.2 Å². The second-order valence-corrected chi connectivity index (χ2v) is 15.0. The minimum absolute atomic E-state index is 0.135. The van der Waals surface area contributed by atoms with E-state index in [0.717, 1.165) is 83.5 Å². The van der Waals surface area contributed by atoms with E-state index >= 15 is 0 Å². The Balaban J connectivity index is 1.89. The van der Waals surface area contributed by atoms with Crippen LogP contribution in [0.2, 0.25) is 0 Å². The van der Waals surface area contributed by atoms with Gasteiger partial charge in [-0.1, -0.05) is 87.1 Å². The molecule has 7 N–H and O–H groups in total. The van der Waals surface area contributed by atoms with Crippen molar-refractivity contribution < 1.29 is 73.8 Å². The van der Waals surface area contributed by atoms with Gasteiger partial charge in [-0.3, -0.25) is 9.59 Å². The summed E-state index contributed by atoms with van der Waals surface area (Å²) in [5.74, 6) is -0.983. The summed E-state index contributed by atoms with van der Waals surface area (Å²) >= 11 is 0. The number of carbonyl (C=O) groups is 2. The Morgan fingerprint density at radius 1 is 0.542 bits per heavy atom. The van der Waals surface area contributed by atoms with Crippen molar-refractivity contribution >= 4 is 11.9 Å². The van der Waals surface area contributed by atoms with E-state index in [2.05, 4.69) is 49.6 Å². The van der Waals surface area contributed by atoms with E-state index in [1.54, 1.807) is 0 Å². The first-order valence-electron chi connectivity index (χ1n) is 21.3. The molecule has 15 nitrogen and oxygen atoms in total. The topological polar surface area (TPSA) is 231 Å². The van der Waals surface area contributed by atoms with Gasteiger partial charge in [-0.05, 0) is 57.8 Å². The molecule has 338 valence electrons. The highest BCUT2D eigenvalue weighted by Gasteiger charge is 2.47. The number of carbonyl (C=O) groups excluding carboxylic acids is 2. The fourth-order valence-electron chi connectivity index (χ4n) is 6.42. The molecule has 0 radical (unpaired) electrons. The van der Waals surface area contributed by atoms with Crippen LogP contribution in [0.1, 0.15) is 109 Å². The zero-order valence-electron chi connectivity index (χ0n) is 34.6. The van der Waals surface area contributed by atoms with Crippen molar-refractivity contribution in [3.63, 3.8) is 0 Å². The molecule has 0 aromatic rings. The molecule has 59 heavy (non-hydrogen) atoms. The Hall–Kier alpha value is -2.80. The number of allylic oxidation sites excluding steroid dienone is 8. The molecule has 2 rings (SSSR count). The average Bonchev–Trinajstić information content (AvgIpc) is 3.23. The standard InChI is InChI=1S/C44H72O15/c1-3-5-7-9-11-13-15-16-17-19-21-23-25-27-36(47)57-32(29-54-35(46)26-24-22-20-18-14-12-10-8-6-4-2)30-55-43-42(53)40(51)38(49)34(59-43)31-56-44-41(52)39(50)37(48)33(28-45)58-44/h3-4,7-10,13,15,32-34,37-45,48-53H,1-2,5-6,11-12,14,16-31H2/b9-7+,10-8+,15-13-/t32-,33-,34-,37+,38+,39+,40+,41-,42-,43-,44+/m1/s1. The predicted octanol–water partition coefficient (Wildman–Crippen LogP) is 3.75. The predicted molar refractivity (Wildman–Crippen MR) is 219 cm³/mol. The molecule has 2 heterocycles. The number of aliphatic hydroxyl groups is 7. The summed E-state index contributed by atoms with van der Waals surface area (Å²) in [4.78, 5) is 25.5. The number of esters is 2. The van der Waals surface area contributed by atoms with Crippen LogP contribution in [0.15, 0.2) is 61.8 Å². The van der Waals surface area contributed by atoms with Crippen molar-refractivity contribution in [1.82, 2.24) is 0 Å². The van der Waals surface area contributed by atoms with E-state index in [-0.39, 0.29) is 19.4 Å². The number of ether oxygens (including phenoxy) is 6. The van der Waals surface area contributed by atoms with Crippen molar-refractivity contribution in [3.8, 4) is 0 Å². The summed E-state index contributed by atoms with van der Waals surface area (Å²) in [5.41, 5.74) is 0. The van der Waals surface area contributed by atoms with Gasteiger partial charge in [0.1, 0.15) is 55.4 Å². The van der Waals surface area contributed by atoms with Gasteiger partial charge in [-0.2, -0.15) is 0 Å². The second kappa shape index (κ2) is 32.0. The number of rotatable bonds is 32. The highest BCUT2D eigenvalue weighted by molar-refractivity contribution is 5.70. The van der Waals surface area contributed by atoms with Crippen LogP contribution >= 0.6 is 0 Å². The molecule has 0 amide bonds. The van der Waals surface area contributed by atoms with E-state index in [4.69, 9.17) is 28.4 Å². The fourth-order valence-corrected chi connectivity index (χ4v) is 6.42. The number of aliphatic hydroxyl groups excluding tert-OH is 7. The van der Waals surface area contributed by atoms with Crippen LogP contribution in [-0.2, 0) is 38.0 Å². The van der Waals surface area contributed by atoms with Crippen molar-refractivity contribution in [1.29, 1.82) is 0 Å². The highest BCUT2D eigenvalue weighted by atomic mass is 16.7. The Bertz CT molecular complexity index is 1240. The Morgan fingerprint density at radius 2 is 1.02 bits per heavy atom. The summed E-state index contributed by atoms with van der Waals surface area (Å²) in [5, 5.41) is 71.7. The van der Waals surface area contributed by atoms with Gasteiger partial charge in [0.2, 0.25) is 0 Å². The van der Waals surface area contributed by atoms with Gasteiger partial charge < -0.3 is 64.2 Å². The second-order valence-electron chi connectivity index (χ2n) is 15.0. The van der Waals surface area contributed by atoms with Gasteiger partial charge in [-0.25, -0.2) is 0 Å². The first-order chi connectivity index (χ1) is 28.5. The fraction of sp³-hybridized carbons (Fsp3) is 0.727. The number of unbranched alkanes of at least 4 members (excludes halogenated alkanes) is 10. The lowest BCUT2D eigenvalue weighted by atomic mass is 9.98. The molecule has 2 fully saturated rings. The van der Waals surface area contributed by atoms with Crippen molar-refractivity contribution in [2.75, 3.05) is 26.4 Å². The van der Waals surface area contributed by atoms with Gasteiger partial charge >= 0.3 is 11.9 Å². The first kappa shape index (κ1) is 52.3. The summed E-state index contributed by atoms with van der Waals surface area (Å²) in [6, 6.07) is 0. The monoisotopic (exact) mass is 840 g/mol. The lowest BCUT2D eigenvalue weighted by molar-refractivity contribution is -0.332. The zero-order chi connectivity index (χ0) is 43.3. The van der Waals surface area contributed by atoms with Gasteiger partial charge in [0.15, 0.2) is 18.7 Å². The highest BCUT2D eigenvalue weighted by Crippen LogP contribution is 2.26. The quantitative estimate of drug-likeness (QED) is 0.0291. The van der Waals surface area contributed by atoms with E-state index in [0.29, 0.717) is 12.8 Å². The van der Waals surface area contributed by atoms with Gasteiger partial charge in [0, 0.05) is 12.8 Å². The lowest BCUT2D eigenvalue weighted by Gasteiger charge is -2.42. The smallest absolute Gasteiger partial charge is 0.306 e. The maximum atomic E-state index is 12.9. The maximum Gasteiger partial charge on any atom is 0.306 e. The molecule has 0 bridgehead atoms. The minimum atomic E-state index is -1.77. The lowest BCUT2D eigenvalue weighted by Crippen LogP contribution is -2.61. The molecule has 11 atom stereocenters. The average molecular weight is 841 g/mol. The van der Waals surface area contributed by atoms with E-state index < -0.39 is 99.3 Å². The summed E-state index contributed by atoms with van der Waals surface area (Å²) in [7, 11) is 0. The van der Waals surface area contributed by atoms with Crippen LogP contribution < -0.4 is 0 Å². The molecule has 15 heteroatoms. The van der Waals surface area contributed by atoms with E-state index in [1.165, 1.54) is 0 Å². The van der Waals surface area contributed by atoms with Crippen LogP contribution in [0.4, 0.5) is 0 Å². The van der Waals surface area contributed by atoms with Crippen LogP contribution in [0.3, 0.4) is 0 Å². The van der Waals surface area contributed by atoms with Crippen LogP contribution in [0.25, 0.3) is 0 Å². The molecule has 0 aliphatic carbocycles. The summed E-state index contributed by atoms with van der Waals surface area (Å²) in [6.07, 6.45) is 13.5. The van der Waals surface area contributed by atoms with Crippen LogP contribution in [-0.4, -0.2) is 142 Å². The maximum absolute atomic E-state index is 12.9. The molecule has 0 saturated carbocycles. The molecule has 0 spiro atoms. The molecule has 2 saturated heterocycles. The Labute approximate surface area is 350 Å². The van der Waals surface area contributed by atoms with Crippen LogP contribution in [0, 0.1) is 0 Å². The van der Waals surface area contributed by atoms with Crippen molar-refractivity contribution in [3.05, 3.63) is 61.8 Å². The van der Waals surface area contributed by atoms with Crippen LogP contribution in [0.5, 0.6) is 0 Å². The number of hydrogen-bond acceptors (Lipinski definition) is 15. The third-order valence-corrected chi connectivity index (χ3v) is 10.00. The van der Waals surface area contributed by atoms with Crippen molar-refractivity contribution in [2.24, 2.45) is 0 Å². The van der Waals surface area contributed by atoms with E-state index in [9.17, 15) is 45.3 Å². The Kier molecular flexibility index (Phi) is 28.4. The zero-order valence-corrected chi connectivity index (χ0v) is 34.6.